The van der Waals surface area contributed by atoms with Crippen molar-refractivity contribution in [2.75, 3.05) is 27.4 Å². The number of carbonyl (C=O) groups excluding carboxylic acids is 3. The van der Waals surface area contributed by atoms with Gasteiger partial charge in [-0.15, -0.1) is 6.58 Å². The maximum absolute atomic E-state index is 14.4. The fourth-order valence-corrected chi connectivity index (χ4v) is 8.76. The van der Waals surface area contributed by atoms with Gasteiger partial charge in [-0.1, -0.05) is 57.2 Å². The maximum atomic E-state index is 14.4. The number of rotatable bonds is 14. The van der Waals surface area contributed by atoms with E-state index in [0.717, 1.165) is 5.56 Å². The Morgan fingerprint density at radius 1 is 1.09 bits per heavy atom. The summed E-state index contributed by atoms with van der Waals surface area (Å²) in [6, 6.07) is 14.1. The van der Waals surface area contributed by atoms with Crippen molar-refractivity contribution in [1.82, 2.24) is 25.2 Å². The molecule has 6 rings (SSSR count). The molecule has 2 heterocycles. The van der Waals surface area contributed by atoms with Crippen molar-refractivity contribution in [3.8, 4) is 22.8 Å². The van der Waals surface area contributed by atoms with E-state index in [2.05, 4.69) is 21.9 Å². The summed E-state index contributed by atoms with van der Waals surface area (Å²) < 4.78 is 44.7. The maximum Gasteiger partial charge on any atom is 0.405 e. The third-order valence-corrected chi connectivity index (χ3v) is 12.8. The van der Waals surface area contributed by atoms with Gasteiger partial charge in [-0.2, -0.15) is 0 Å². The molecule has 1 saturated heterocycles. The molecule has 1 aliphatic heterocycles. The highest BCUT2D eigenvalue weighted by atomic mass is 32.2. The van der Waals surface area contributed by atoms with Crippen LogP contribution in [0.15, 0.2) is 67.3 Å². The van der Waals surface area contributed by atoms with Crippen LogP contribution in [0.25, 0.3) is 22.2 Å². The topological polar surface area (TPSA) is 203 Å². The van der Waals surface area contributed by atoms with Gasteiger partial charge in [0.25, 0.3) is 5.91 Å². The number of nitrogens with zero attached hydrogens (tertiary/aromatic N) is 2. The summed E-state index contributed by atoms with van der Waals surface area (Å²) in [5.41, 5.74) is -0.523. The summed E-state index contributed by atoms with van der Waals surface area (Å²) in [5, 5.41) is 15.4. The van der Waals surface area contributed by atoms with Gasteiger partial charge in [0.15, 0.2) is 0 Å². The first-order chi connectivity index (χ1) is 26.0. The van der Waals surface area contributed by atoms with E-state index in [9.17, 15) is 32.7 Å². The molecule has 16 heteroatoms. The van der Waals surface area contributed by atoms with Gasteiger partial charge < -0.3 is 34.9 Å². The van der Waals surface area contributed by atoms with Crippen LogP contribution in [0.5, 0.6) is 11.5 Å². The van der Waals surface area contributed by atoms with Gasteiger partial charge >= 0.3 is 6.09 Å². The summed E-state index contributed by atoms with van der Waals surface area (Å²) in [7, 11) is -1.23. The van der Waals surface area contributed by atoms with Crippen molar-refractivity contribution in [1.29, 1.82) is 0 Å². The Morgan fingerprint density at radius 3 is 2.38 bits per heavy atom. The molecule has 5 atom stereocenters. The number of carbonyl (C=O) groups is 4. The Kier molecular flexibility index (Phi) is 10.6. The minimum absolute atomic E-state index is 0.0339. The second-order valence-electron chi connectivity index (χ2n) is 15.5. The van der Waals surface area contributed by atoms with Crippen molar-refractivity contribution >= 4 is 44.7 Å². The number of nitrogens with one attached hydrogen (secondary N) is 3. The Balaban J connectivity index is 1.33. The second kappa shape index (κ2) is 14.8. The molecule has 15 nitrogen and oxygen atoms in total. The molecule has 4 N–H and O–H groups in total. The van der Waals surface area contributed by atoms with Crippen molar-refractivity contribution in [2.45, 2.75) is 74.9 Å². The number of hydrogen-bond donors (Lipinski definition) is 4. The Bertz CT molecular complexity index is 2120. The molecule has 0 radical (unpaired) electrons. The van der Waals surface area contributed by atoms with Gasteiger partial charge in [-0.25, -0.2) is 18.2 Å². The smallest absolute Gasteiger partial charge is 0.405 e. The molecule has 2 aromatic carbocycles. The van der Waals surface area contributed by atoms with Crippen molar-refractivity contribution in [2.24, 2.45) is 11.3 Å². The number of sulfonamides is 1. The first-order valence-electron chi connectivity index (χ1n) is 18.0. The number of ether oxygens (including phenoxy) is 3. The van der Waals surface area contributed by atoms with Crippen LogP contribution in [-0.4, -0.2) is 103 Å². The number of methoxy groups -OCH3 is 2. The van der Waals surface area contributed by atoms with Crippen LogP contribution in [0.4, 0.5) is 4.79 Å². The van der Waals surface area contributed by atoms with E-state index < -0.39 is 73.6 Å². The van der Waals surface area contributed by atoms with E-state index in [1.807, 2.05) is 30.3 Å². The molecular weight excluding hydrogens is 731 g/mol. The fraction of sp³-hybridized carbons (Fsp3) is 0.462. The van der Waals surface area contributed by atoms with Crippen LogP contribution in [0.2, 0.25) is 0 Å². The van der Waals surface area contributed by atoms with E-state index in [-0.39, 0.29) is 26.0 Å². The third kappa shape index (κ3) is 7.83. The first-order valence-corrected chi connectivity index (χ1v) is 19.5. The van der Waals surface area contributed by atoms with E-state index in [4.69, 9.17) is 19.2 Å². The lowest BCUT2D eigenvalue weighted by atomic mass is 9.85. The molecule has 3 aromatic rings. The van der Waals surface area contributed by atoms with Gasteiger partial charge in [0.05, 0.1) is 31.5 Å². The molecule has 0 bridgehead atoms. The molecule has 3 fully saturated rings. The van der Waals surface area contributed by atoms with Gasteiger partial charge in [-0.3, -0.25) is 19.1 Å². The van der Waals surface area contributed by atoms with Gasteiger partial charge in [0.2, 0.25) is 21.8 Å². The predicted molar refractivity (Wildman–Crippen MR) is 203 cm³/mol. The minimum Gasteiger partial charge on any atom is -0.497 e. The molecule has 2 saturated carbocycles. The quantitative estimate of drug-likeness (QED) is 0.174. The van der Waals surface area contributed by atoms with E-state index in [1.165, 1.54) is 18.1 Å². The summed E-state index contributed by atoms with van der Waals surface area (Å²) in [4.78, 5) is 60.4. The largest absolute Gasteiger partial charge is 0.497 e. The van der Waals surface area contributed by atoms with Crippen LogP contribution in [0.3, 0.4) is 0 Å². The normalized spacial score (nSPS) is 23.3. The zero-order valence-corrected chi connectivity index (χ0v) is 32.3. The lowest BCUT2D eigenvalue weighted by Gasteiger charge is -2.35. The van der Waals surface area contributed by atoms with Crippen LogP contribution in [0, 0.1) is 11.3 Å². The van der Waals surface area contributed by atoms with Crippen LogP contribution in [0.1, 0.15) is 46.5 Å². The molecule has 1 aromatic heterocycles. The van der Waals surface area contributed by atoms with Crippen LogP contribution < -0.4 is 24.8 Å². The summed E-state index contributed by atoms with van der Waals surface area (Å²) in [6.07, 6.45) is -0.0293. The summed E-state index contributed by atoms with van der Waals surface area (Å²) in [6.45, 7) is 8.67. The monoisotopic (exact) mass is 777 g/mol. The number of carboxylic acid groups (broad SMARTS) is 1. The standard InChI is InChI=1S/C39H47N5O10S/c1-7-24-20-39(24,35(47)43-55(50,51)38(15-16-38)22-52-5)42-33(45)30-18-26(21-44(30)34(46)32(37(2,3)4)41-36(48)49)54-31-19-28(23-11-9-8-10-12-23)40-29-17-25(53-6)13-14-27(29)31/h7-14,17,19,24,26,30,32,41H,1,15-16,18,20-22H2,2-6H3,(H,42,45)(H,43,47)(H,48,49). The predicted octanol–water partition coefficient (Wildman–Crippen LogP) is 3.63. The van der Waals surface area contributed by atoms with Gasteiger partial charge in [-0.05, 0) is 36.8 Å². The van der Waals surface area contributed by atoms with Crippen LogP contribution in [-0.2, 0) is 29.1 Å². The van der Waals surface area contributed by atoms with Crippen LogP contribution >= 0.6 is 0 Å². The molecule has 4 amide bonds. The number of aromatic nitrogens is 1. The summed E-state index contributed by atoms with van der Waals surface area (Å²) in [5.74, 6) is -1.88. The molecule has 2 aliphatic carbocycles. The highest BCUT2D eigenvalue weighted by Crippen LogP contribution is 2.47. The number of benzene rings is 2. The average molecular weight is 778 g/mol. The van der Waals surface area contributed by atoms with E-state index >= 15 is 0 Å². The molecule has 0 spiro atoms. The minimum atomic E-state index is -4.16. The molecule has 3 aliphatic rings. The highest BCUT2D eigenvalue weighted by Gasteiger charge is 2.64. The zero-order valence-electron chi connectivity index (χ0n) is 31.5. The molecule has 294 valence electrons. The second-order valence-corrected chi connectivity index (χ2v) is 17.6. The first kappa shape index (κ1) is 39.5. The van der Waals surface area contributed by atoms with Gasteiger partial charge in [0.1, 0.15) is 40.0 Å². The van der Waals surface area contributed by atoms with E-state index in [1.54, 1.807) is 52.1 Å². The van der Waals surface area contributed by atoms with Gasteiger partial charge in [0, 0.05) is 42.5 Å². The highest BCUT2D eigenvalue weighted by molar-refractivity contribution is 7.91. The van der Waals surface area contributed by atoms with Crippen molar-refractivity contribution in [3.63, 3.8) is 0 Å². The molecule has 5 unspecified atom stereocenters. The molecular formula is C39H47N5O10S. The third-order valence-electron chi connectivity index (χ3n) is 10.6. The Hall–Kier alpha value is -5.22. The lowest BCUT2D eigenvalue weighted by molar-refractivity contribution is -0.142. The SMILES string of the molecule is C=CC1CC1(NC(=O)C1CC(Oc2cc(-c3ccccc3)nc3cc(OC)ccc23)CN1C(=O)C(NC(=O)O)C(C)(C)C)C(=O)NS(=O)(=O)C1(COC)CC1. The Morgan fingerprint density at radius 2 is 1.80 bits per heavy atom. The van der Waals surface area contributed by atoms with E-state index in [0.29, 0.717) is 40.9 Å². The Labute approximate surface area is 319 Å². The number of fused-ring (bicyclic) bond motifs is 1. The molecule has 55 heavy (non-hydrogen) atoms. The fourth-order valence-electron chi connectivity index (χ4n) is 7.20. The summed E-state index contributed by atoms with van der Waals surface area (Å²) >= 11 is 0. The lowest BCUT2D eigenvalue weighted by Crippen LogP contribution is -2.60. The van der Waals surface area contributed by atoms with Crippen molar-refractivity contribution in [3.05, 3.63) is 67.3 Å². The number of amides is 4. The number of likely N-dealkylation sites (tertiary alicyclic amines) is 1. The number of hydrogen-bond acceptors (Lipinski definition) is 10. The van der Waals surface area contributed by atoms with Crippen molar-refractivity contribution < 1.29 is 46.9 Å². The zero-order chi connectivity index (χ0) is 39.9. The number of pyridine rings is 1. The average Bonchev–Trinajstić information content (AvgIpc) is 4.04.